The van der Waals surface area contributed by atoms with E-state index >= 15 is 0 Å². The number of nitrogens with zero attached hydrogens (tertiary/aromatic N) is 1. The third kappa shape index (κ3) is 3.23. The van der Waals surface area contributed by atoms with E-state index in [0.717, 1.165) is 22.5 Å². The van der Waals surface area contributed by atoms with Gasteiger partial charge in [-0.15, -0.1) is 0 Å². The van der Waals surface area contributed by atoms with Gasteiger partial charge in [-0.1, -0.05) is 12.1 Å². The molecule has 0 aromatic heterocycles. The number of nitrogens with one attached hydrogen (secondary N) is 1. The molecule has 0 spiro atoms. The second-order valence-corrected chi connectivity index (χ2v) is 5.06. The molecule has 0 atom stereocenters. The molecular formula is C17H21N3O. The van der Waals surface area contributed by atoms with Crippen LogP contribution in [0.4, 0.5) is 11.4 Å². The Labute approximate surface area is 125 Å². The summed E-state index contributed by atoms with van der Waals surface area (Å²) < 4.78 is 0. The number of hydrogen-bond acceptors (Lipinski definition) is 3. The van der Waals surface area contributed by atoms with Gasteiger partial charge in [0.05, 0.1) is 5.69 Å². The van der Waals surface area contributed by atoms with Crippen molar-refractivity contribution in [3.8, 4) is 0 Å². The van der Waals surface area contributed by atoms with Gasteiger partial charge >= 0.3 is 0 Å². The lowest BCUT2D eigenvalue weighted by molar-refractivity contribution is 0.0988. The Morgan fingerprint density at radius 2 is 1.95 bits per heavy atom. The number of benzene rings is 2. The molecule has 0 fully saturated rings. The van der Waals surface area contributed by atoms with E-state index in [1.165, 1.54) is 0 Å². The van der Waals surface area contributed by atoms with Crippen LogP contribution in [-0.4, -0.2) is 12.5 Å². The van der Waals surface area contributed by atoms with Gasteiger partial charge in [0.1, 0.15) is 0 Å². The molecule has 0 aliphatic carbocycles. The molecule has 0 unspecified atom stereocenters. The first-order valence-corrected chi connectivity index (χ1v) is 7.02. The molecule has 4 nitrogen and oxygen atoms in total. The van der Waals surface area contributed by atoms with Crippen molar-refractivity contribution in [1.82, 2.24) is 0 Å². The molecule has 1 amide bonds. The van der Waals surface area contributed by atoms with E-state index in [0.29, 0.717) is 12.1 Å². The Balaban J connectivity index is 2.34. The standard InChI is InChI=1S/C17H21N3O/c1-4-20(15-7-5-6-12(2)10-15)17(21)14-8-9-16(19-18)13(3)11-14/h5-11,19H,4,18H2,1-3H3. The fraction of sp³-hybridized carbons (Fsp3) is 0.235. The molecule has 0 saturated heterocycles. The van der Waals surface area contributed by atoms with Gasteiger partial charge < -0.3 is 10.3 Å². The van der Waals surface area contributed by atoms with E-state index in [9.17, 15) is 4.79 Å². The highest BCUT2D eigenvalue weighted by Gasteiger charge is 2.16. The van der Waals surface area contributed by atoms with Gasteiger partial charge in [0.25, 0.3) is 5.91 Å². The number of amides is 1. The average molecular weight is 283 g/mol. The monoisotopic (exact) mass is 283 g/mol. The van der Waals surface area contributed by atoms with E-state index in [4.69, 9.17) is 5.84 Å². The summed E-state index contributed by atoms with van der Waals surface area (Å²) in [6.07, 6.45) is 0. The maximum atomic E-state index is 12.7. The van der Waals surface area contributed by atoms with Gasteiger partial charge in [0.2, 0.25) is 0 Å². The number of aryl methyl sites for hydroxylation is 2. The second-order valence-electron chi connectivity index (χ2n) is 5.06. The van der Waals surface area contributed by atoms with Crippen molar-refractivity contribution in [3.63, 3.8) is 0 Å². The van der Waals surface area contributed by atoms with Gasteiger partial charge in [-0.05, 0) is 62.2 Å². The smallest absolute Gasteiger partial charge is 0.258 e. The predicted molar refractivity (Wildman–Crippen MR) is 87.5 cm³/mol. The highest BCUT2D eigenvalue weighted by atomic mass is 16.2. The molecule has 0 bridgehead atoms. The molecule has 21 heavy (non-hydrogen) atoms. The fourth-order valence-corrected chi connectivity index (χ4v) is 2.35. The van der Waals surface area contributed by atoms with E-state index < -0.39 is 0 Å². The number of hydrogen-bond donors (Lipinski definition) is 2. The first-order valence-electron chi connectivity index (χ1n) is 7.02. The maximum absolute atomic E-state index is 12.7. The molecule has 2 rings (SSSR count). The topological polar surface area (TPSA) is 58.4 Å². The van der Waals surface area contributed by atoms with Crippen LogP contribution in [0.15, 0.2) is 42.5 Å². The SMILES string of the molecule is CCN(C(=O)c1ccc(NN)c(C)c1)c1cccc(C)c1. The lowest BCUT2D eigenvalue weighted by atomic mass is 10.1. The van der Waals surface area contributed by atoms with Crippen molar-refractivity contribution in [2.75, 3.05) is 16.9 Å². The van der Waals surface area contributed by atoms with Crippen LogP contribution in [0.3, 0.4) is 0 Å². The van der Waals surface area contributed by atoms with Crippen molar-refractivity contribution in [2.24, 2.45) is 5.84 Å². The lowest BCUT2D eigenvalue weighted by Gasteiger charge is -2.22. The molecule has 110 valence electrons. The number of anilines is 2. The molecule has 2 aromatic carbocycles. The van der Waals surface area contributed by atoms with E-state index in [-0.39, 0.29) is 5.91 Å². The first-order chi connectivity index (χ1) is 10.1. The Morgan fingerprint density at radius 3 is 2.52 bits per heavy atom. The number of carbonyl (C=O) groups is 1. The fourth-order valence-electron chi connectivity index (χ4n) is 2.35. The molecule has 0 radical (unpaired) electrons. The summed E-state index contributed by atoms with van der Waals surface area (Å²) in [5.74, 6) is 5.42. The van der Waals surface area contributed by atoms with Crippen molar-refractivity contribution in [1.29, 1.82) is 0 Å². The summed E-state index contributed by atoms with van der Waals surface area (Å²) in [6, 6.07) is 13.4. The molecule has 0 heterocycles. The molecule has 3 N–H and O–H groups in total. The minimum absolute atomic E-state index is 0.00484. The number of carbonyl (C=O) groups excluding carboxylic acids is 1. The highest BCUT2D eigenvalue weighted by Crippen LogP contribution is 2.21. The second kappa shape index (κ2) is 6.41. The third-order valence-corrected chi connectivity index (χ3v) is 3.50. The first kappa shape index (κ1) is 15.1. The maximum Gasteiger partial charge on any atom is 0.258 e. The quantitative estimate of drug-likeness (QED) is 0.669. The minimum Gasteiger partial charge on any atom is -0.324 e. The van der Waals surface area contributed by atoms with Crippen LogP contribution in [0, 0.1) is 13.8 Å². The van der Waals surface area contributed by atoms with Crippen molar-refractivity contribution in [3.05, 3.63) is 59.2 Å². The molecule has 2 aromatic rings. The lowest BCUT2D eigenvalue weighted by Crippen LogP contribution is -2.30. The summed E-state index contributed by atoms with van der Waals surface area (Å²) in [7, 11) is 0. The summed E-state index contributed by atoms with van der Waals surface area (Å²) >= 11 is 0. The van der Waals surface area contributed by atoms with E-state index in [2.05, 4.69) is 5.43 Å². The molecule has 0 aliphatic rings. The number of nitrogen functional groups attached to an aromatic ring is 1. The number of hydrazine groups is 1. The predicted octanol–water partition coefficient (Wildman–Crippen LogP) is 3.26. The third-order valence-electron chi connectivity index (χ3n) is 3.50. The number of nitrogens with two attached hydrogens (primary N) is 1. The van der Waals surface area contributed by atoms with E-state index in [1.807, 2.05) is 57.2 Å². The van der Waals surface area contributed by atoms with Crippen molar-refractivity contribution < 1.29 is 4.79 Å². The van der Waals surface area contributed by atoms with Crippen LogP contribution in [-0.2, 0) is 0 Å². The van der Waals surface area contributed by atoms with Gasteiger partial charge in [0.15, 0.2) is 0 Å². The van der Waals surface area contributed by atoms with Gasteiger partial charge in [-0.3, -0.25) is 10.6 Å². The van der Waals surface area contributed by atoms with Crippen LogP contribution >= 0.6 is 0 Å². The van der Waals surface area contributed by atoms with Gasteiger partial charge in [-0.2, -0.15) is 0 Å². The largest absolute Gasteiger partial charge is 0.324 e. The van der Waals surface area contributed by atoms with Gasteiger partial charge in [0, 0.05) is 17.8 Å². The Bertz CT molecular complexity index is 652. The molecule has 0 saturated carbocycles. The van der Waals surface area contributed by atoms with Crippen LogP contribution in [0.5, 0.6) is 0 Å². The summed E-state index contributed by atoms with van der Waals surface area (Å²) in [5.41, 5.74) is 7.11. The average Bonchev–Trinajstić information content (AvgIpc) is 2.48. The minimum atomic E-state index is -0.00484. The molecule has 4 heteroatoms. The van der Waals surface area contributed by atoms with E-state index in [1.54, 1.807) is 11.0 Å². The van der Waals surface area contributed by atoms with Crippen LogP contribution in [0.2, 0.25) is 0 Å². The van der Waals surface area contributed by atoms with Crippen molar-refractivity contribution in [2.45, 2.75) is 20.8 Å². The zero-order chi connectivity index (χ0) is 15.4. The van der Waals surface area contributed by atoms with Gasteiger partial charge in [-0.25, -0.2) is 0 Å². The zero-order valence-electron chi connectivity index (χ0n) is 12.7. The Morgan fingerprint density at radius 1 is 1.19 bits per heavy atom. The summed E-state index contributed by atoms with van der Waals surface area (Å²) in [5, 5.41) is 0. The summed E-state index contributed by atoms with van der Waals surface area (Å²) in [4.78, 5) is 14.5. The highest BCUT2D eigenvalue weighted by molar-refractivity contribution is 6.06. The Hall–Kier alpha value is -2.33. The normalized spacial score (nSPS) is 10.3. The Kier molecular flexibility index (Phi) is 4.60. The summed E-state index contributed by atoms with van der Waals surface area (Å²) in [6.45, 7) is 6.55. The zero-order valence-corrected chi connectivity index (χ0v) is 12.7. The van der Waals surface area contributed by atoms with Crippen LogP contribution in [0.25, 0.3) is 0 Å². The van der Waals surface area contributed by atoms with Crippen LogP contribution < -0.4 is 16.2 Å². The molecular weight excluding hydrogens is 262 g/mol. The van der Waals surface area contributed by atoms with Crippen LogP contribution in [0.1, 0.15) is 28.4 Å². The van der Waals surface area contributed by atoms with Crippen molar-refractivity contribution >= 4 is 17.3 Å². The number of rotatable bonds is 4. The molecule has 0 aliphatic heterocycles.